The molecule has 0 aliphatic heterocycles. The SMILES string of the molecule is NCCc1ccc(Oc2ncc(C(F)(F)Cl)cc2Cl)cc1. The van der Waals surface area contributed by atoms with Gasteiger partial charge in [0.1, 0.15) is 10.8 Å². The normalized spacial score (nSPS) is 11.5. The Kier molecular flexibility index (Phi) is 4.98. The number of aromatic nitrogens is 1. The lowest BCUT2D eigenvalue weighted by molar-refractivity contribution is 0.0946. The average Bonchev–Trinajstić information content (AvgIpc) is 2.42. The van der Waals surface area contributed by atoms with Gasteiger partial charge in [-0.2, -0.15) is 8.78 Å². The Morgan fingerprint density at radius 2 is 1.90 bits per heavy atom. The summed E-state index contributed by atoms with van der Waals surface area (Å²) in [5.74, 6) is 0.531. The standard InChI is InChI=1S/C14H12Cl2F2N2O/c15-12-7-10(14(16,17)18)8-20-13(12)21-11-3-1-9(2-4-11)5-6-19/h1-4,7-8H,5-6,19H2. The van der Waals surface area contributed by atoms with E-state index in [0.29, 0.717) is 12.3 Å². The highest BCUT2D eigenvalue weighted by Crippen LogP contribution is 2.36. The maximum absolute atomic E-state index is 12.9. The summed E-state index contributed by atoms with van der Waals surface area (Å²) in [6.07, 6.45) is 1.69. The van der Waals surface area contributed by atoms with Crippen LogP contribution in [-0.4, -0.2) is 11.5 Å². The number of nitrogens with zero attached hydrogens (tertiary/aromatic N) is 1. The summed E-state index contributed by atoms with van der Waals surface area (Å²) in [4.78, 5) is 3.76. The molecule has 112 valence electrons. The fourth-order valence-electron chi connectivity index (χ4n) is 1.66. The van der Waals surface area contributed by atoms with Gasteiger partial charge in [0.15, 0.2) is 0 Å². The van der Waals surface area contributed by atoms with Crippen molar-refractivity contribution in [3.63, 3.8) is 0 Å². The summed E-state index contributed by atoms with van der Waals surface area (Å²) in [5.41, 5.74) is 6.04. The van der Waals surface area contributed by atoms with E-state index in [1.54, 1.807) is 12.1 Å². The van der Waals surface area contributed by atoms with Crippen molar-refractivity contribution < 1.29 is 13.5 Å². The molecule has 1 aromatic heterocycles. The summed E-state index contributed by atoms with van der Waals surface area (Å²) in [6.45, 7) is 0.557. The van der Waals surface area contributed by atoms with Gasteiger partial charge in [0.25, 0.3) is 0 Å². The van der Waals surface area contributed by atoms with Crippen molar-refractivity contribution in [2.45, 2.75) is 11.8 Å². The molecule has 0 spiro atoms. The van der Waals surface area contributed by atoms with Gasteiger partial charge in [0.05, 0.1) is 5.56 Å². The summed E-state index contributed by atoms with van der Waals surface area (Å²) < 4.78 is 31.3. The maximum Gasteiger partial charge on any atom is 0.349 e. The minimum absolute atomic E-state index is 0.0351. The van der Waals surface area contributed by atoms with Crippen molar-refractivity contribution in [1.29, 1.82) is 0 Å². The fraction of sp³-hybridized carbons (Fsp3) is 0.214. The molecule has 7 heteroatoms. The van der Waals surface area contributed by atoms with E-state index in [0.717, 1.165) is 24.2 Å². The predicted molar refractivity (Wildman–Crippen MR) is 78.3 cm³/mol. The van der Waals surface area contributed by atoms with E-state index in [4.69, 9.17) is 33.7 Å². The Morgan fingerprint density at radius 1 is 1.24 bits per heavy atom. The van der Waals surface area contributed by atoms with Crippen LogP contribution in [0.25, 0.3) is 0 Å². The van der Waals surface area contributed by atoms with Gasteiger partial charge in [-0.3, -0.25) is 0 Å². The highest BCUT2D eigenvalue weighted by molar-refractivity contribution is 6.32. The van der Waals surface area contributed by atoms with Crippen LogP contribution in [0.2, 0.25) is 5.02 Å². The molecule has 0 bridgehead atoms. The first-order chi connectivity index (χ1) is 9.90. The first-order valence-electron chi connectivity index (χ1n) is 6.10. The van der Waals surface area contributed by atoms with E-state index >= 15 is 0 Å². The number of hydrogen-bond donors (Lipinski definition) is 1. The first-order valence-corrected chi connectivity index (χ1v) is 6.85. The Balaban J connectivity index is 2.16. The molecule has 3 nitrogen and oxygen atoms in total. The third-order valence-corrected chi connectivity index (χ3v) is 3.19. The van der Waals surface area contributed by atoms with Crippen LogP contribution in [0.5, 0.6) is 11.6 Å². The molecule has 0 saturated carbocycles. The zero-order valence-electron chi connectivity index (χ0n) is 10.8. The van der Waals surface area contributed by atoms with Gasteiger partial charge in [-0.15, -0.1) is 0 Å². The lowest BCUT2D eigenvalue weighted by atomic mass is 10.1. The molecule has 1 aromatic carbocycles. The smallest absolute Gasteiger partial charge is 0.349 e. The minimum atomic E-state index is -3.51. The van der Waals surface area contributed by atoms with E-state index in [1.807, 2.05) is 12.1 Å². The van der Waals surface area contributed by atoms with Crippen LogP contribution >= 0.6 is 23.2 Å². The molecule has 0 aliphatic carbocycles. The number of halogens is 4. The van der Waals surface area contributed by atoms with E-state index in [-0.39, 0.29) is 10.9 Å². The van der Waals surface area contributed by atoms with Crippen LogP contribution in [-0.2, 0) is 11.8 Å². The highest BCUT2D eigenvalue weighted by Gasteiger charge is 2.29. The summed E-state index contributed by atoms with van der Waals surface area (Å²) >= 11 is 10.8. The van der Waals surface area contributed by atoms with Crippen molar-refractivity contribution in [2.24, 2.45) is 5.73 Å². The third kappa shape index (κ3) is 4.27. The molecule has 2 aromatic rings. The monoisotopic (exact) mass is 332 g/mol. The number of pyridine rings is 1. The van der Waals surface area contributed by atoms with Crippen LogP contribution in [0, 0.1) is 0 Å². The number of ether oxygens (including phenoxy) is 1. The molecule has 0 aliphatic rings. The van der Waals surface area contributed by atoms with E-state index in [2.05, 4.69) is 4.98 Å². The summed E-state index contributed by atoms with van der Waals surface area (Å²) in [5, 5.41) is -3.56. The Morgan fingerprint density at radius 3 is 2.43 bits per heavy atom. The number of alkyl halides is 3. The maximum atomic E-state index is 12.9. The van der Waals surface area contributed by atoms with Crippen LogP contribution in [0.15, 0.2) is 36.5 Å². The van der Waals surface area contributed by atoms with Crippen molar-refractivity contribution in [1.82, 2.24) is 4.98 Å². The molecule has 0 fully saturated rings. The molecule has 2 rings (SSSR count). The van der Waals surface area contributed by atoms with Crippen LogP contribution in [0.1, 0.15) is 11.1 Å². The molecule has 0 atom stereocenters. The lowest BCUT2D eigenvalue weighted by Gasteiger charge is -2.11. The second kappa shape index (κ2) is 6.56. The Hall–Kier alpha value is -1.43. The van der Waals surface area contributed by atoms with E-state index in [9.17, 15) is 8.78 Å². The van der Waals surface area contributed by atoms with Crippen molar-refractivity contribution >= 4 is 23.2 Å². The lowest BCUT2D eigenvalue weighted by Crippen LogP contribution is -2.04. The molecular formula is C14H12Cl2F2N2O. The highest BCUT2D eigenvalue weighted by atomic mass is 35.5. The van der Waals surface area contributed by atoms with Gasteiger partial charge in [0, 0.05) is 6.20 Å². The average molecular weight is 333 g/mol. The van der Waals surface area contributed by atoms with Crippen molar-refractivity contribution in [3.05, 3.63) is 52.7 Å². The summed E-state index contributed by atoms with van der Waals surface area (Å²) in [7, 11) is 0. The molecule has 2 N–H and O–H groups in total. The fourth-order valence-corrected chi connectivity index (χ4v) is 1.97. The molecule has 0 radical (unpaired) electrons. The second-order valence-corrected chi connectivity index (χ2v) is 5.18. The zero-order chi connectivity index (χ0) is 15.5. The van der Waals surface area contributed by atoms with Crippen molar-refractivity contribution in [2.75, 3.05) is 6.54 Å². The molecule has 0 saturated heterocycles. The summed E-state index contributed by atoms with van der Waals surface area (Å²) in [6, 6.07) is 8.20. The number of benzene rings is 1. The van der Waals surface area contributed by atoms with Crippen molar-refractivity contribution in [3.8, 4) is 11.6 Å². The second-order valence-electron chi connectivity index (χ2n) is 4.29. The van der Waals surface area contributed by atoms with Gasteiger partial charge in [-0.25, -0.2) is 4.98 Å². The molecule has 1 heterocycles. The topological polar surface area (TPSA) is 48.1 Å². The minimum Gasteiger partial charge on any atom is -0.438 e. The molecular weight excluding hydrogens is 321 g/mol. The van der Waals surface area contributed by atoms with E-state index < -0.39 is 10.9 Å². The van der Waals surface area contributed by atoms with Crippen LogP contribution in [0.3, 0.4) is 0 Å². The predicted octanol–water partition coefficient (Wildman–Crippen LogP) is 4.32. The third-order valence-electron chi connectivity index (χ3n) is 2.71. The number of rotatable bonds is 5. The van der Waals surface area contributed by atoms with Gasteiger partial charge >= 0.3 is 5.38 Å². The number of nitrogens with two attached hydrogens (primary N) is 1. The Labute approximate surface area is 130 Å². The van der Waals surface area contributed by atoms with Crippen LogP contribution < -0.4 is 10.5 Å². The van der Waals surface area contributed by atoms with Gasteiger partial charge in [-0.05, 0) is 48.3 Å². The first kappa shape index (κ1) is 15.9. The van der Waals surface area contributed by atoms with Gasteiger partial charge < -0.3 is 10.5 Å². The molecule has 0 unspecified atom stereocenters. The largest absolute Gasteiger partial charge is 0.438 e. The van der Waals surface area contributed by atoms with E-state index in [1.165, 1.54) is 0 Å². The van der Waals surface area contributed by atoms with Gasteiger partial charge in [0.2, 0.25) is 5.88 Å². The van der Waals surface area contributed by atoms with Gasteiger partial charge in [-0.1, -0.05) is 23.7 Å². The van der Waals surface area contributed by atoms with Crippen LogP contribution in [0.4, 0.5) is 8.78 Å². The quantitative estimate of drug-likeness (QED) is 0.829. The molecule has 0 amide bonds. The zero-order valence-corrected chi connectivity index (χ0v) is 12.3. The Bertz CT molecular complexity index is 615. The molecule has 21 heavy (non-hydrogen) atoms. The number of hydrogen-bond acceptors (Lipinski definition) is 3.